The molecule has 0 bridgehead atoms. The fourth-order valence-electron chi connectivity index (χ4n) is 2.41. The predicted octanol–water partition coefficient (Wildman–Crippen LogP) is 2.09. The van der Waals surface area contributed by atoms with E-state index in [2.05, 4.69) is 20.8 Å². The van der Waals surface area contributed by atoms with Crippen LogP contribution < -0.4 is 4.90 Å². The summed E-state index contributed by atoms with van der Waals surface area (Å²) in [5.41, 5.74) is 1.95. The molecule has 0 aliphatic carbocycles. The molecule has 0 saturated carbocycles. The minimum atomic E-state index is -0.489. The zero-order valence-corrected chi connectivity index (χ0v) is 12.8. The van der Waals surface area contributed by atoms with E-state index in [9.17, 15) is 10.2 Å². The number of halogens is 1. The highest BCUT2D eigenvalue weighted by molar-refractivity contribution is 9.10. The molecule has 2 rings (SSSR count). The number of hydrogen-bond acceptors (Lipinski definition) is 4. The lowest BCUT2D eigenvalue weighted by Crippen LogP contribution is -2.48. The van der Waals surface area contributed by atoms with Crippen molar-refractivity contribution in [1.29, 1.82) is 0 Å². The second-order valence-electron chi connectivity index (χ2n) is 5.04. The zero-order chi connectivity index (χ0) is 14.0. The van der Waals surface area contributed by atoms with Crippen LogP contribution in [0.15, 0.2) is 22.7 Å². The molecule has 0 radical (unpaired) electrons. The molecule has 1 fully saturated rings. The van der Waals surface area contributed by atoms with E-state index in [4.69, 9.17) is 4.74 Å². The van der Waals surface area contributed by atoms with Crippen molar-refractivity contribution in [2.75, 3.05) is 24.6 Å². The van der Waals surface area contributed by atoms with Crippen LogP contribution >= 0.6 is 15.9 Å². The summed E-state index contributed by atoms with van der Waals surface area (Å²) in [6, 6.07) is 5.94. The lowest BCUT2D eigenvalue weighted by molar-refractivity contribution is -0.0421. The molecule has 3 atom stereocenters. The van der Waals surface area contributed by atoms with Crippen molar-refractivity contribution < 1.29 is 14.9 Å². The number of nitrogens with zero attached hydrogens (tertiary/aromatic N) is 1. The van der Waals surface area contributed by atoms with Crippen LogP contribution in [0.4, 0.5) is 5.69 Å². The highest BCUT2D eigenvalue weighted by Gasteiger charge is 2.25. The Bertz CT molecular complexity index is 439. The van der Waals surface area contributed by atoms with Gasteiger partial charge in [-0.25, -0.2) is 0 Å². The van der Waals surface area contributed by atoms with E-state index in [0.717, 1.165) is 22.3 Å². The lowest BCUT2D eigenvalue weighted by Gasteiger charge is -2.37. The third-order valence-electron chi connectivity index (χ3n) is 3.33. The Morgan fingerprint density at radius 1 is 1.47 bits per heavy atom. The molecule has 0 spiro atoms. The number of aliphatic hydroxyl groups is 2. The Labute approximate surface area is 122 Å². The van der Waals surface area contributed by atoms with Gasteiger partial charge in [-0.05, 0) is 31.5 Å². The van der Waals surface area contributed by atoms with Gasteiger partial charge in [0, 0.05) is 23.2 Å². The fourth-order valence-corrected chi connectivity index (χ4v) is 3.11. The summed E-state index contributed by atoms with van der Waals surface area (Å²) in [6.45, 7) is 5.28. The third-order valence-corrected chi connectivity index (χ3v) is 4.02. The average Bonchev–Trinajstić information content (AvgIpc) is 2.37. The predicted molar refractivity (Wildman–Crippen MR) is 78.4 cm³/mol. The summed E-state index contributed by atoms with van der Waals surface area (Å²) in [6.07, 6.45) is -0.530. The molecule has 1 heterocycles. The van der Waals surface area contributed by atoms with Crippen molar-refractivity contribution in [3.8, 4) is 0 Å². The minimum absolute atomic E-state index is 0.0355. The maximum atomic E-state index is 9.63. The number of hydrogen-bond donors (Lipinski definition) is 2. The van der Waals surface area contributed by atoms with Gasteiger partial charge >= 0.3 is 0 Å². The number of aliphatic hydroxyl groups excluding tert-OH is 2. The van der Waals surface area contributed by atoms with Gasteiger partial charge in [0.15, 0.2) is 0 Å². The van der Waals surface area contributed by atoms with E-state index >= 15 is 0 Å². The van der Waals surface area contributed by atoms with Crippen LogP contribution in [0.5, 0.6) is 0 Å². The Morgan fingerprint density at radius 3 is 2.79 bits per heavy atom. The molecule has 4 nitrogen and oxygen atoms in total. The van der Waals surface area contributed by atoms with Crippen LogP contribution in [-0.4, -0.2) is 42.1 Å². The maximum absolute atomic E-state index is 9.63. The monoisotopic (exact) mass is 329 g/mol. The first-order chi connectivity index (χ1) is 9.01. The zero-order valence-electron chi connectivity index (χ0n) is 11.2. The van der Waals surface area contributed by atoms with Crippen molar-refractivity contribution in [2.24, 2.45) is 0 Å². The van der Waals surface area contributed by atoms with Crippen LogP contribution in [0.2, 0.25) is 0 Å². The normalized spacial score (nSPS) is 25.4. The molecule has 1 aromatic rings. The molecule has 5 heteroatoms. The van der Waals surface area contributed by atoms with Gasteiger partial charge in [-0.2, -0.15) is 0 Å². The number of morpholine rings is 1. The topological polar surface area (TPSA) is 52.9 Å². The summed E-state index contributed by atoms with van der Waals surface area (Å²) < 4.78 is 6.54. The first kappa shape index (κ1) is 14.8. The number of benzene rings is 1. The van der Waals surface area contributed by atoms with Gasteiger partial charge in [-0.3, -0.25) is 0 Å². The second kappa shape index (κ2) is 6.22. The van der Waals surface area contributed by atoms with Gasteiger partial charge in [0.1, 0.15) is 0 Å². The van der Waals surface area contributed by atoms with Gasteiger partial charge in [0.25, 0.3) is 0 Å². The van der Waals surface area contributed by atoms with Gasteiger partial charge in [0.05, 0.1) is 24.9 Å². The fraction of sp³-hybridized carbons (Fsp3) is 0.571. The molecule has 0 amide bonds. The summed E-state index contributed by atoms with van der Waals surface area (Å²) in [7, 11) is 0. The minimum Gasteiger partial charge on any atom is -0.394 e. The molecule has 19 heavy (non-hydrogen) atoms. The van der Waals surface area contributed by atoms with E-state index in [0.29, 0.717) is 6.54 Å². The van der Waals surface area contributed by atoms with Gasteiger partial charge in [0.2, 0.25) is 0 Å². The number of anilines is 1. The highest BCUT2D eigenvalue weighted by Crippen LogP contribution is 2.29. The van der Waals surface area contributed by atoms with E-state index in [1.54, 1.807) is 6.92 Å². The summed E-state index contributed by atoms with van der Waals surface area (Å²) in [5, 5.41) is 18.9. The quantitative estimate of drug-likeness (QED) is 0.891. The van der Waals surface area contributed by atoms with Crippen molar-refractivity contribution in [3.05, 3.63) is 28.2 Å². The lowest BCUT2D eigenvalue weighted by atomic mass is 10.1. The van der Waals surface area contributed by atoms with Crippen molar-refractivity contribution in [1.82, 2.24) is 0 Å². The third kappa shape index (κ3) is 3.48. The molecule has 2 N–H and O–H groups in total. The van der Waals surface area contributed by atoms with E-state index in [-0.39, 0.29) is 18.8 Å². The highest BCUT2D eigenvalue weighted by atomic mass is 79.9. The Kier molecular flexibility index (Phi) is 4.84. The number of ether oxygens (including phenoxy) is 1. The molecule has 1 aromatic carbocycles. The maximum Gasteiger partial charge on any atom is 0.0984 e. The second-order valence-corrected chi connectivity index (χ2v) is 5.89. The smallest absolute Gasteiger partial charge is 0.0984 e. The van der Waals surface area contributed by atoms with Gasteiger partial charge < -0.3 is 19.8 Å². The Hall–Kier alpha value is -0.620. The van der Waals surface area contributed by atoms with Crippen LogP contribution in [0.1, 0.15) is 25.5 Å². The molecular formula is C14H20BrNO3. The Morgan fingerprint density at radius 2 is 2.21 bits per heavy atom. The van der Waals surface area contributed by atoms with Crippen LogP contribution in [0.25, 0.3) is 0 Å². The van der Waals surface area contributed by atoms with E-state index < -0.39 is 6.10 Å². The van der Waals surface area contributed by atoms with Crippen LogP contribution in [0, 0.1) is 0 Å². The van der Waals surface area contributed by atoms with Crippen LogP contribution in [0.3, 0.4) is 0 Å². The molecule has 1 aliphatic heterocycles. The summed E-state index contributed by atoms with van der Waals surface area (Å²) in [4.78, 5) is 2.20. The average molecular weight is 330 g/mol. The Balaban J connectivity index is 2.19. The largest absolute Gasteiger partial charge is 0.394 e. The first-order valence-electron chi connectivity index (χ1n) is 6.50. The first-order valence-corrected chi connectivity index (χ1v) is 7.29. The number of rotatable bonds is 3. The van der Waals surface area contributed by atoms with Crippen LogP contribution in [-0.2, 0) is 4.74 Å². The van der Waals surface area contributed by atoms with Crippen molar-refractivity contribution in [3.63, 3.8) is 0 Å². The molecule has 0 aromatic heterocycles. The summed E-state index contributed by atoms with van der Waals surface area (Å²) >= 11 is 3.49. The standard InChI is InChI=1S/C14H20BrNO3/c1-9-6-16(7-12(8-17)19-9)11-3-4-13(10(2)18)14(15)5-11/h3-5,9-10,12,17-18H,6-8H2,1-2H3. The van der Waals surface area contributed by atoms with E-state index in [1.807, 2.05) is 25.1 Å². The molecule has 1 aliphatic rings. The van der Waals surface area contributed by atoms with Gasteiger partial charge in [-0.15, -0.1) is 0 Å². The molecule has 3 unspecified atom stereocenters. The molecular weight excluding hydrogens is 310 g/mol. The van der Waals surface area contributed by atoms with Crippen molar-refractivity contribution >= 4 is 21.6 Å². The summed E-state index contributed by atoms with van der Waals surface area (Å²) in [5.74, 6) is 0. The van der Waals surface area contributed by atoms with Crippen molar-refractivity contribution in [2.45, 2.75) is 32.2 Å². The molecule has 106 valence electrons. The van der Waals surface area contributed by atoms with E-state index in [1.165, 1.54) is 0 Å². The van der Waals surface area contributed by atoms with Gasteiger partial charge in [-0.1, -0.05) is 22.0 Å². The molecule has 1 saturated heterocycles. The SMILES string of the molecule is CC1CN(c2ccc(C(C)O)c(Br)c2)CC(CO)O1.